The lowest BCUT2D eigenvalue weighted by Crippen LogP contribution is -2.18. The summed E-state index contributed by atoms with van der Waals surface area (Å²) in [6.45, 7) is 0. The number of rotatable bonds is 2. The third-order valence-electron chi connectivity index (χ3n) is 4.41. The molecule has 0 saturated heterocycles. The van der Waals surface area contributed by atoms with Crippen LogP contribution in [0.15, 0.2) is 54.3 Å². The Labute approximate surface area is 143 Å². The number of H-pyrrole nitrogens is 1. The third kappa shape index (κ3) is 2.59. The zero-order chi connectivity index (χ0) is 16.7. The fourth-order valence-electron chi connectivity index (χ4n) is 3.20. The van der Waals surface area contributed by atoms with Crippen LogP contribution in [0.25, 0.3) is 16.6 Å². The van der Waals surface area contributed by atoms with E-state index in [0.717, 1.165) is 16.6 Å². The molecule has 0 amide bonds. The summed E-state index contributed by atoms with van der Waals surface area (Å²) in [7, 11) is 0. The highest BCUT2D eigenvalue weighted by atomic mass is 35.5. The van der Waals surface area contributed by atoms with Gasteiger partial charge >= 0.3 is 0 Å². The van der Waals surface area contributed by atoms with Crippen molar-refractivity contribution in [2.45, 2.75) is 18.8 Å². The number of aromatic amines is 1. The van der Waals surface area contributed by atoms with Crippen LogP contribution in [0, 0.1) is 0 Å². The van der Waals surface area contributed by atoms with Gasteiger partial charge in [-0.05, 0) is 35.7 Å². The van der Waals surface area contributed by atoms with Crippen molar-refractivity contribution in [1.82, 2.24) is 9.97 Å². The van der Waals surface area contributed by atoms with E-state index in [4.69, 9.17) is 11.6 Å². The zero-order valence-electron chi connectivity index (χ0n) is 12.8. The van der Waals surface area contributed by atoms with E-state index in [1.165, 1.54) is 0 Å². The van der Waals surface area contributed by atoms with Gasteiger partial charge in [0, 0.05) is 17.9 Å². The van der Waals surface area contributed by atoms with Crippen LogP contribution in [0.5, 0.6) is 0 Å². The standard InChI is InChI=1S/C19H15ClN2O2/c20-13-7-5-11(6-8-13)12-9-16(23)18(17(24)10-12)19-21-14-3-1-2-4-15(14)22-19/h1-8,12,23H,9-10H2,(H,21,22). The highest BCUT2D eigenvalue weighted by Gasteiger charge is 2.31. The van der Waals surface area contributed by atoms with Gasteiger partial charge in [0.05, 0.1) is 16.6 Å². The molecular weight excluding hydrogens is 324 g/mol. The first-order valence-electron chi connectivity index (χ1n) is 7.77. The van der Waals surface area contributed by atoms with Crippen LogP contribution >= 0.6 is 11.6 Å². The number of aliphatic hydroxyl groups excluding tert-OH is 1. The monoisotopic (exact) mass is 338 g/mol. The molecule has 0 aliphatic heterocycles. The number of carbonyl (C=O) groups excluding carboxylic acids is 1. The maximum atomic E-state index is 12.6. The van der Waals surface area contributed by atoms with Crippen LogP contribution in [-0.2, 0) is 4.79 Å². The molecule has 24 heavy (non-hydrogen) atoms. The molecule has 120 valence electrons. The number of imidazole rings is 1. The van der Waals surface area contributed by atoms with Crippen LogP contribution in [0.1, 0.15) is 30.1 Å². The van der Waals surface area contributed by atoms with Crippen molar-refractivity contribution in [3.63, 3.8) is 0 Å². The summed E-state index contributed by atoms with van der Waals surface area (Å²) >= 11 is 5.91. The van der Waals surface area contributed by atoms with E-state index in [9.17, 15) is 9.90 Å². The number of benzene rings is 2. The van der Waals surface area contributed by atoms with Gasteiger partial charge in [-0.25, -0.2) is 4.98 Å². The summed E-state index contributed by atoms with van der Waals surface area (Å²) < 4.78 is 0. The predicted octanol–water partition coefficient (Wildman–Crippen LogP) is 4.63. The van der Waals surface area contributed by atoms with Crippen molar-refractivity contribution in [2.24, 2.45) is 0 Å². The number of carbonyl (C=O) groups is 1. The number of allylic oxidation sites excluding steroid dienone is 2. The van der Waals surface area contributed by atoms with E-state index in [-0.39, 0.29) is 17.5 Å². The number of halogens is 1. The first-order valence-corrected chi connectivity index (χ1v) is 8.15. The largest absolute Gasteiger partial charge is 0.511 e. The summed E-state index contributed by atoms with van der Waals surface area (Å²) in [5, 5.41) is 11.1. The van der Waals surface area contributed by atoms with Crippen molar-refractivity contribution in [3.05, 3.63) is 70.7 Å². The smallest absolute Gasteiger partial charge is 0.170 e. The first kappa shape index (κ1) is 15.0. The maximum absolute atomic E-state index is 12.6. The number of hydrogen-bond acceptors (Lipinski definition) is 3. The van der Waals surface area contributed by atoms with Crippen molar-refractivity contribution >= 4 is 34.0 Å². The average molecular weight is 339 g/mol. The normalized spacial score (nSPS) is 18.4. The highest BCUT2D eigenvalue weighted by molar-refractivity contribution is 6.30. The Morgan fingerprint density at radius 3 is 2.54 bits per heavy atom. The van der Waals surface area contributed by atoms with Crippen LogP contribution in [0.3, 0.4) is 0 Å². The Hall–Kier alpha value is -2.59. The molecule has 1 heterocycles. The second-order valence-electron chi connectivity index (χ2n) is 6.00. The lowest BCUT2D eigenvalue weighted by Gasteiger charge is -2.23. The summed E-state index contributed by atoms with van der Waals surface area (Å²) in [4.78, 5) is 20.2. The first-order chi connectivity index (χ1) is 11.6. The number of para-hydroxylation sites is 2. The number of aliphatic hydroxyl groups is 1. The molecule has 0 saturated carbocycles. The summed E-state index contributed by atoms with van der Waals surface area (Å²) in [5.74, 6) is 0.388. The Balaban J connectivity index is 1.70. The van der Waals surface area contributed by atoms with Crippen molar-refractivity contribution in [1.29, 1.82) is 0 Å². The lowest BCUT2D eigenvalue weighted by molar-refractivity contribution is -0.114. The molecule has 1 aliphatic carbocycles. The van der Waals surface area contributed by atoms with E-state index < -0.39 is 0 Å². The second kappa shape index (κ2) is 5.80. The molecule has 1 unspecified atom stereocenters. The fourth-order valence-corrected chi connectivity index (χ4v) is 3.33. The number of fused-ring (bicyclic) bond motifs is 1. The van der Waals surface area contributed by atoms with Crippen molar-refractivity contribution < 1.29 is 9.90 Å². The van der Waals surface area contributed by atoms with Gasteiger partial charge in [-0.15, -0.1) is 0 Å². The van der Waals surface area contributed by atoms with E-state index in [1.54, 1.807) is 12.1 Å². The van der Waals surface area contributed by atoms with Gasteiger partial charge in [0.2, 0.25) is 0 Å². The minimum atomic E-state index is -0.0993. The topological polar surface area (TPSA) is 66.0 Å². The van der Waals surface area contributed by atoms with Gasteiger partial charge in [0.1, 0.15) is 11.6 Å². The van der Waals surface area contributed by atoms with Crippen LogP contribution in [0.4, 0.5) is 0 Å². The van der Waals surface area contributed by atoms with Crippen LogP contribution in [0.2, 0.25) is 5.02 Å². The average Bonchev–Trinajstić information content (AvgIpc) is 2.98. The summed E-state index contributed by atoms with van der Waals surface area (Å²) in [6, 6.07) is 15.0. The molecule has 0 bridgehead atoms. The number of nitrogens with zero attached hydrogens (tertiary/aromatic N) is 1. The Morgan fingerprint density at radius 2 is 1.83 bits per heavy atom. The molecule has 0 fully saturated rings. The van der Waals surface area contributed by atoms with Gasteiger partial charge in [0.25, 0.3) is 0 Å². The van der Waals surface area contributed by atoms with Crippen molar-refractivity contribution in [3.8, 4) is 0 Å². The Bertz CT molecular complexity index is 924. The molecular formula is C19H15ClN2O2. The quantitative estimate of drug-likeness (QED) is 0.715. The van der Waals surface area contributed by atoms with Gasteiger partial charge in [-0.1, -0.05) is 35.9 Å². The minimum Gasteiger partial charge on any atom is -0.511 e. The Morgan fingerprint density at radius 1 is 1.08 bits per heavy atom. The van der Waals surface area contributed by atoms with Gasteiger partial charge < -0.3 is 10.1 Å². The number of aromatic nitrogens is 2. The van der Waals surface area contributed by atoms with Crippen LogP contribution in [-0.4, -0.2) is 20.9 Å². The van der Waals surface area contributed by atoms with Gasteiger partial charge in [-0.2, -0.15) is 0 Å². The molecule has 2 N–H and O–H groups in total. The molecule has 4 nitrogen and oxygen atoms in total. The molecule has 3 aromatic rings. The fraction of sp³-hybridized carbons (Fsp3) is 0.158. The highest BCUT2D eigenvalue weighted by Crippen LogP contribution is 2.37. The van der Waals surface area contributed by atoms with E-state index in [1.807, 2.05) is 36.4 Å². The number of ketones is 1. The molecule has 4 rings (SSSR count). The third-order valence-corrected chi connectivity index (χ3v) is 4.66. The summed E-state index contributed by atoms with van der Waals surface area (Å²) in [5.41, 5.74) is 2.93. The number of Topliss-reactive ketones (excluding diaryl/α,β-unsaturated/α-hetero) is 1. The van der Waals surface area contributed by atoms with E-state index >= 15 is 0 Å². The van der Waals surface area contributed by atoms with Crippen LogP contribution < -0.4 is 0 Å². The number of nitrogens with one attached hydrogen (secondary N) is 1. The second-order valence-corrected chi connectivity index (χ2v) is 6.44. The van der Waals surface area contributed by atoms with E-state index in [2.05, 4.69) is 9.97 Å². The minimum absolute atomic E-state index is 0.0390. The molecule has 0 radical (unpaired) electrons. The molecule has 5 heteroatoms. The van der Waals surface area contributed by atoms with E-state index in [0.29, 0.717) is 29.3 Å². The number of hydrogen-bond donors (Lipinski definition) is 2. The van der Waals surface area contributed by atoms with Crippen molar-refractivity contribution in [2.75, 3.05) is 0 Å². The molecule has 1 aromatic heterocycles. The lowest BCUT2D eigenvalue weighted by atomic mass is 9.82. The maximum Gasteiger partial charge on any atom is 0.170 e. The molecule has 1 aliphatic rings. The Kier molecular flexibility index (Phi) is 3.62. The SMILES string of the molecule is O=C1CC(c2ccc(Cl)cc2)CC(O)=C1c1nc2ccccc2[nH]1. The molecule has 2 aromatic carbocycles. The predicted molar refractivity (Wildman–Crippen MR) is 94.1 cm³/mol. The molecule has 0 spiro atoms. The molecule has 1 atom stereocenters. The summed E-state index contributed by atoms with van der Waals surface area (Å²) in [6.07, 6.45) is 0.762. The van der Waals surface area contributed by atoms with Gasteiger partial charge in [-0.3, -0.25) is 4.79 Å². The van der Waals surface area contributed by atoms with Gasteiger partial charge in [0.15, 0.2) is 5.78 Å². The zero-order valence-corrected chi connectivity index (χ0v) is 13.5.